The molecule has 6 aliphatic rings. The molecule has 3 aromatic carbocycles. The van der Waals surface area contributed by atoms with Crippen LogP contribution in [0.3, 0.4) is 0 Å². The van der Waals surface area contributed by atoms with Crippen LogP contribution in [0.1, 0.15) is 82.1 Å². The number of benzene rings is 3. The molecule has 2 atom stereocenters. The quantitative estimate of drug-likeness (QED) is 0.214. The highest BCUT2D eigenvalue weighted by molar-refractivity contribution is 6.23. The Balaban J connectivity index is 0.708. The lowest BCUT2D eigenvalue weighted by atomic mass is 9.85. The molecule has 1 unspecified atom stereocenters. The molecular weight excluding hydrogens is 817 g/mol. The van der Waals surface area contributed by atoms with Gasteiger partial charge in [0.15, 0.2) is 0 Å². The van der Waals surface area contributed by atoms with Crippen LogP contribution in [0.2, 0.25) is 0 Å². The van der Waals surface area contributed by atoms with Gasteiger partial charge in [-0.3, -0.25) is 34.2 Å². The third kappa shape index (κ3) is 7.71. The zero-order valence-corrected chi connectivity index (χ0v) is 35.6. The van der Waals surface area contributed by atoms with Crippen molar-refractivity contribution in [1.29, 1.82) is 0 Å². The zero-order valence-electron chi connectivity index (χ0n) is 35.6. The Hall–Kier alpha value is -6.75. The summed E-state index contributed by atoms with van der Waals surface area (Å²) < 4.78 is 8.00. The summed E-state index contributed by atoms with van der Waals surface area (Å²) in [6.07, 6.45) is 4.97. The van der Waals surface area contributed by atoms with Crippen LogP contribution in [0.5, 0.6) is 11.5 Å². The maximum Gasteiger partial charge on any atom is 0.320 e. The van der Waals surface area contributed by atoms with Gasteiger partial charge in [0.2, 0.25) is 11.8 Å². The summed E-state index contributed by atoms with van der Waals surface area (Å²) in [5, 5.41) is 10.7. The summed E-state index contributed by atoms with van der Waals surface area (Å²) in [6.45, 7) is 6.32. The summed E-state index contributed by atoms with van der Waals surface area (Å²) in [5.41, 5.74) is 9.07. The summed E-state index contributed by atoms with van der Waals surface area (Å²) in [5.74, 6) is -0.0799. The number of hydrogen-bond donors (Lipinski definition) is 3. The van der Waals surface area contributed by atoms with Crippen LogP contribution in [0.15, 0.2) is 72.8 Å². The van der Waals surface area contributed by atoms with Gasteiger partial charge in [-0.1, -0.05) is 18.2 Å². The van der Waals surface area contributed by atoms with Crippen molar-refractivity contribution >= 4 is 47.1 Å². The number of nitrogens with one attached hydrogen (secondary N) is 2. The fourth-order valence-electron chi connectivity index (χ4n) is 10.6. The Morgan fingerprint density at radius 2 is 1.41 bits per heavy atom. The van der Waals surface area contributed by atoms with E-state index in [0.29, 0.717) is 74.1 Å². The minimum Gasteiger partial charge on any atom is -0.457 e. The number of piperidine rings is 3. The molecule has 17 heteroatoms. The SMILES string of the molecule is NC(=O)c1c(-c2ccc(Oc3ccccc3)cc2)nn2c1NCC[C@H]2C1CCN(C2CCN(C(=O)N3CCN(c4ccc5c(c4)C(=O)N(C4CCC(=O)NC4=O)C5=O)CC3)CC2)CC1. The van der Waals surface area contributed by atoms with Crippen LogP contribution in [0.25, 0.3) is 11.3 Å². The number of aromatic nitrogens is 2. The molecule has 0 saturated carbocycles. The molecule has 4 fully saturated rings. The molecule has 6 aliphatic heterocycles. The van der Waals surface area contributed by atoms with Gasteiger partial charge in [0, 0.05) is 69.5 Å². The van der Waals surface area contributed by atoms with Crippen molar-refractivity contribution in [3.8, 4) is 22.8 Å². The van der Waals surface area contributed by atoms with Crippen LogP contribution >= 0.6 is 0 Å². The molecule has 64 heavy (non-hydrogen) atoms. The van der Waals surface area contributed by atoms with E-state index in [1.807, 2.05) is 75.1 Å². The molecule has 0 aliphatic carbocycles. The lowest BCUT2D eigenvalue weighted by Crippen LogP contribution is -2.56. The van der Waals surface area contributed by atoms with Crippen molar-refractivity contribution in [2.75, 3.05) is 69.1 Å². The number of para-hydroxylation sites is 1. The molecule has 7 amide bonds. The number of rotatable bonds is 8. The Morgan fingerprint density at radius 3 is 2.11 bits per heavy atom. The third-order valence-corrected chi connectivity index (χ3v) is 14.0. The van der Waals surface area contributed by atoms with E-state index in [0.717, 1.165) is 73.6 Å². The minimum absolute atomic E-state index is 0.0542. The molecule has 7 heterocycles. The Bertz CT molecular complexity index is 2490. The molecule has 10 rings (SSSR count). The van der Waals surface area contributed by atoms with Crippen molar-refractivity contribution in [3.05, 3.63) is 89.5 Å². The van der Waals surface area contributed by atoms with Crippen LogP contribution in [-0.2, 0) is 9.59 Å². The maximum absolute atomic E-state index is 13.7. The number of carbonyl (C=O) groups excluding carboxylic acids is 6. The highest BCUT2D eigenvalue weighted by Crippen LogP contribution is 2.41. The number of carbonyl (C=O) groups is 6. The van der Waals surface area contributed by atoms with Gasteiger partial charge in [0.1, 0.15) is 34.6 Å². The number of anilines is 2. The second-order valence-corrected chi connectivity index (χ2v) is 17.6. The Kier molecular flexibility index (Phi) is 11.0. The molecule has 332 valence electrons. The number of urea groups is 1. The number of nitrogens with two attached hydrogens (primary N) is 1. The summed E-state index contributed by atoms with van der Waals surface area (Å²) in [7, 11) is 0. The zero-order chi connectivity index (χ0) is 44.1. The number of nitrogens with zero attached hydrogens (tertiary/aromatic N) is 7. The first-order valence-electron chi connectivity index (χ1n) is 22.5. The first-order valence-corrected chi connectivity index (χ1v) is 22.5. The number of piperazine rings is 1. The van der Waals surface area contributed by atoms with Gasteiger partial charge >= 0.3 is 6.03 Å². The number of amides is 7. The number of hydrogen-bond acceptors (Lipinski definition) is 11. The van der Waals surface area contributed by atoms with Crippen LogP contribution in [-0.4, -0.2) is 136 Å². The van der Waals surface area contributed by atoms with E-state index in [1.165, 1.54) is 0 Å². The number of ether oxygens (including phenoxy) is 1. The average Bonchev–Trinajstić information content (AvgIpc) is 3.84. The first-order chi connectivity index (χ1) is 31.1. The first kappa shape index (κ1) is 41.3. The fraction of sp³-hybridized carbons (Fsp3) is 0.426. The van der Waals surface area contributed by atoms with E-state index < -0.39 is 35.6 Å². The normalized spacial score (nSPS) is 22.2. The summed E-state index contributed by atoms with van der Waals surface area (Å²) in [4.78, 5) is 86.9. The molecule has 0 spiro atoms. The van der Waals surface area contributed by atoms with Gasteiger partial charge in [-0.2, -0.15) is 5.10 Å². The molecule has 1 aromatic heterocycles. The maximum atomic E-state index is 13.7. The van der Waals surface area contributed by atoms with Crippen LogP contribution < -0.4 is 26.0 Å². The molecule has 17 nitrogen and oxygen atoms in total. The van der Waals surface area contributed by atoms with Gasteiger partial charge in [0.25, 0.3) is 17.7 Å². The Morgan fingerprint density at radius 1 is 0.719 bits per heavy atom. The van der Waals surface area contributed by atoms with Crippen LogP contribution in [0, 0.1) is 5.92 Å². The number of imide groups is 2. The average molecular weight is 869 g/mol. The predicted octanol–water partition coefficient (Wildman–Crippen LogP) is 4.32. The molecular formula is C47H52N10O7. The van der Waals surface area contributed by atoms with Crippen molar-refractivity contribution in [2.24, 2.45) is 11.7 Å². The van der Waals surface area contributed by atoms with E-state index in [2.05, 4.69) is 20.4 Å². The van der Waals surface area contributed by atoms with Gasteiger partial charge in [-0.15, -0.1) is 0 Å². The minimum atomic E-state index is -1.01. The lowest BCUT2D eigenvalue weighted by molar-refractivity contribution is -0.136. The van der Waals surface area contributed by atoms with E-state index >= 15 is 0 Å². The summed E-state index contributed by atoms with van der Waals surface area (Å²) >= 11 is 0. The predicted molar refractivity (Wildman–Crippen MR) is 236 cm³/mol. The van der Waals surface area contributed by atoms with Gasteiger partial charge < -0.3 is 35.4 Å². The third-order valence-electron chi connectivity index (χ3n) is 14.0. The second kappa shape index (κ2) is 17.1. The molecule has 0 radical (unpaired) electrons. The number of fused-ring (bicyclic) bond motifs is 2. The molecule has 4 saturated heterocycles. The van der Waals surface area contributed by atoms with Gasteiger partial charge in [-0.25, -0.2) is 9.48 Å². The van der Waals surface area contributed by atoms with Crippen molar-refractivity contribution < 1.29 is 33.5 Å². The monoisotopic (exact) mass is 868 g/mol. The topological polar surface area (TPSA) is 196 Å². The smallest absolute Gasteiger partial charge is 0.320 e. The van der Waals surface area contributed by atoms with Crippen molar-refractivity contribution in [1.82, 2.24) is 34.7 Å². The van der Waals surface area contributed by atoms with Crippen molar-refractivity contribution in [3.63, 3.8) is 0 Å². The molecule has 0 bridgehead atoms. The van der Waals surface area contributed by atoms with Crippen molar-refractivity contribution in [2.45, 2.75) is 63.1 Å². The molecule has 4 aromatic rings. The van der Waals surface area contributed by atoms with E-state index in [9.17, 15) is 28.8 Å². The van der Waals surface area contributed by atoms with Gasteiger partial charge in [-0.05, 0) is 112 Å². The summed E-state index contributed by atoms with van der Waals surface area (Å²) in [6, 6.07) is 21.9. The highest BCUT2D eigenvalue weighted by atomic mass is 16.5. The lowest BCUT2D eigenvalue weighted by Gasteiger charge is -2.45. The molecule has 4 N–H and O–H groups in total. The highest BCUT2D eigenvalue weighted by Gasteiger charge is 2.45. The van der Waals surface area contributed by atoms with Gasteiger partial charge in [0.05, 0.1) is 17.2 Å². The number of primary amides is 1. The van der Waals surface area contributed by atoms with E-state index in [4.69, 9.17) is 15.6 Å². The number of likely N-dealkylation sites (tertiary alicyclic amines) is 2. The van der Waals surface area contributed by atoms with E-state index in [1.54, 1.807) is 12.1 Å². The Labute approximate surface area is 370 Å². The van der Waals surface area contributed by atoms with E-state index in [-0.39, 0.29) is 36.0 Å². The largest absolute Gasteiger partial charge is 0.457 e. The second-order valence-electron chi connectivity index (χ2n) is 17.6. The fourth-order valence-corrected chi connectivity index (χ4v) is 10.6. The van der Waals surface area contributed by atoms with Crippen LogP contribution in [0.4, 0.5) is 16.3 Å². The standard InChI is InChI=1S/C47H52N10O7/c48-42(59)40-41(30-6-9-34(10-7-30)64-33-4-2-1-3-5-33)51-57-37(14-19-49-43(40)57)29-15-20-52(21-16-29)31-17-22-54(23-18-31)47(63)55-26-24-53(25-27-55)32-8-11-35-36(28-32)46(62)56(45(35)61)38-12-13-39(58)50-44(38)60/h1-11,28-29,31,37-38,49H,12-27H2,(H2,48,59)(H,50,58,60)/t37-,38?/m0/s1.